The van der Waals surface area contributed by atoms with Crippen LogP contribution in [0.25, 0.3) is 0 Å². The molecule has 0 radical (unpaired) electrons. The summed E-state index contributed by atoms with van der Waals surface area (Å²) in [5.41, 5.74) is 0.583. The number of nitrogens with zero attached hydrogens (tertiary/aromatic N) is 2. The highest BCUT2D eigenvalue weighted by Crippen LogP contribution is 2.21. The highest BCUT2D eigenvalue weighted by Gasteiger charge is 2.19. The minimum absolute atomic E-state index is 0.192. The van der Waals surface area contributed by atoms with E-state index in [9.17, 15) is 14.3 Å². The average molecular weight is 409 g/mol. The van der Waals surface area contributed by atoms with Crippen molar-refractivity contribution < 1.29 is 28.5 Å². The third-order valence-electron chi connectivity index (χ3n) is 3.66. The van der Waals surface area contributed by atoms with E-state index in [4.69, 9.17) is 14.2 Å². The number of aromatic nitrogens is 2. The van der Waals surface area contributed by atoms with E-state index in [1.165, 1.54) is 16.8 Å². The molecule has 0 spiro atoms. The number of carbonyl (C=O) groups is 1. The molecule has 1 atom stereocenters. The highest BCUT2D eigenvalue weighted by atomic mass is 19.1. The molecule has 1 aromatic carbocycles. The molecule has 0 aliphatic carbocycles. The van der Waals surface area contributed by atoms with Crippen LogP contribution in [0.2, 0.25) is 0 Å². The average Bonchev–Trinajstić information content (AvgIpc) is 3.03. The van der Waals surface area contributed by atoms with Crippen molar-refractivity contribution in [1.82, 2.24) is 15.1 Å². The van der Waals surface area contributed by atoms with Gasteiger partial charge in [-0.2, -0.15) is 0 Å². The summed E-state index contributed by atoms with van der Waals surface area (Å²) in [6, 6.07) is 7.51. The lowest BCUT2D eigenvalue weighted by atomic mass is 10.2. The molecule has 160 valence electrons. The zero-order valence-electron chi connectivity index (χ0n) is 17.1. The van der Waals surface area contributed by atoms with Crippen molar-refractivity contribution in [3.05, 3.63) is 47.4 Å². The highest BCUT2D eigenvalue weighted by molar-refractivity contribution is 5.67. The summed E-state index contributed by atoms with van der Waals surface area (Å²) in [6.07, 6.45) is -1.72. The molecule has 1 aromatic heterocycles. The third kappa shape index (κ3) is 7.71. The quantitative estimate of drug-likeness (QED) is 0.618. The lowest BCUT2D eigenvalue weighted by molar-refractivity contribution is -0.103. The largest absolute Gasteiger partial charge is 0.472 e. The molecule has 9 heteroatoms. The molecular formula is C20H28FN3O5. The number of nitrogens with one attached hydrogen (secondary N) is 1. The summed E-state index contributed by atoms with van der Waals surface area (Å²) in [5.74, 6) is -0.0435. The van der Waals surface area contributed by atoms with Crippen LogP contribution in [0.3, 0.4) is 0 Å². The van der Waals surface area contributed by atoms with Gasteiger partial charge >= 0.3 is 6.09 Å². The summed E-state index contributed by atoms with van der Waals surface area (Å²) < 4.78 is 30.6. The number of aliphatic hydroxyl groups is 1. The maximum atomic E-state index is 13.0. The molecule has 0 bridgehead atoms. The van der Waals surface area contributed by atoms with Crippen molar-refractivity contribution in [2.75, 3.05) is 13.2 Å². The molecule has 0 aliphatic heterocycles. The van der Waals surface area contributed by atoms with Crippen molar-refractivity contribution in [2.45, 2.75) is 52.7 Å². The summed E-state index contributed by atoms with van der Waals surface area (Å²) in [5, 5.41) is 17.1. The fraction of sp³-hybridized carbons (Fsp3) is 0.500. The van der Waals surface area contributed by atoms with E-state index in [2.05, 4.69) is 10.4 Å². The molecule has 29 heavy (non-hydrogen) atoms. The van der Waals surface area contributed by atoms with E-state index < -0.39 is 18.0 Å². The van der Waals surface area contributed by atoms with Gasteiger partial charge in [-0.15, -0.1) is 5.10 Å². The second kappa shape index (κ2) is 10.2. The second-order valence-electron chi connectivity index (χ2n) is 7.28. The number of ether oxygens (including phenoxy) is 3. The van der Waals surface area contributed by atoms with Crippen LogP contribution >= 0.6 is 0 Å². The molecule has 1 heterocycles. The van der Waals surface area contributed by atoms with E-state index in [1.54, 1.807) is 45.9 Å². The van der Waals surface area contributed by atoms with Gasteiger partial charge in [0.1, 0.15) is 18.0 Å². The topological polar surface area (TPSA) is 94.8 Å². The number of carbonyl (C=O) groups excluding carboxylic acids is 1. The summed E-state index contributed by atoms with van der Waals surface area (Å²) >= 11 is 0. The zero-order valence-corrected chi connectivity index (χ0v) is 17.1. The number of benzene rings is 1. The molecule has 2 rings (SSSR count). The molecule has 1 unspecified atom stereocenters. The molecule has 1 amide bonds. The Morgan fingerprint density at radius 1 is 1.31 bits per heavy atom. The van der Waals surface area contributed by atoms with Crippen LogP contribution in [0, 0.1) is 5.82 Å². The van der Waals surface area contributed by atoms with Crippen LogP contribution in [0.15, 0.2) is 30.3 Å². The van der Waals surface area contributed by atoms with Crippen molar-refractivity contribution in [3.63, 3.8) is 0 Å². The van der Waals surface area contributed by atoms with E-state index >= 15 is 0 Å². The van der Waals surface area contributed by atoms with E-state index in [-0.39, 0.29) is 31.4 Å². The minimum atomic E-state index is -1.18. The molecule has 2 aromatic rings. The minimum Gasteiger partial charge on any atom is -0.472 e. The summed E-state index contributed by atoms with van der Waals surface area (Å²) in [4.78, 5) is 11.8. The molecule has 0 saturated heterocycles. The molecular weight excluding hydrogens is 381 g/mol. The van der Waals surface area contributed by atoms with Gasteiger partial charge in [-0.3, -0.25) is 4.68 Å². The number of hydrogen-bond donors (Lipinski definition) is 2. The van der Waals surface area contributed by atoms with Crippen molar-refractivity contribution in [1.29, 1.82) is 0 Å². The fourth-order valence-electron chi connectivity index (χ4n) is 2.41. The lowest BCUT2D eigenvalue weighted by Gasteiger charge is -2.20. The standard InChI is InChI=1S/C20H28FN3O5/c1-5-27-18(25)16-12-17(28-13-14-6-8-15(21)9-7-14)23-24(16)11-10-22-19(26)29-20(2,3)4/h6-9,12,18,25H,5,10-11,13H2,1-4H3,(H,22,26). The SMILES string of the molecule is CCOC(O)c1cc(OCc2ccc(F)cc2)nn1CCNC(=O)OC(C)(C)C. The number of amides is 1. The van der Waals surface area contributed by atoms with E-state index in [0.29, 0.717) is 12.3 Å². The normalized spacial score (nSPS) is 12.5. The maximum absolute atomic E-state index is 13.0. The lowest BCUT2D eigenvalue weighted by Crippen LogP contribution is -2.34. The molecule has 0 aliphatic rings. The summed E-state index contributed by atoms with van der Waals surface area (Å²) in [6.45, 7) is 8.12. The van der Waals surface area contributed by atoms with E-state index in [1.807, 2.05) is 0 Å². The first-order valence-electron chi connectivity index (χ1n) is 9.39. The number of hydrogen-bond acceptors (Lipinski definition) is 6. The van der Waals surface area contributed by atoms with Crippen LogP contribution in [-0.2, 0) is 22.6 Å². The second-order valence-corrected chi connectivity index (χ2v) is 7.28. The zero-order chi connectivity index (χ0) is 21.4. The Morgan fingerprint density at radius 2 is 2.00 bits per heavy atom. The van der Waals surface area contributed by atoms with Crippen LogP contribution in [-0.4, -0.2) is 39.7 Å². The Kier molecular flexibility index (Phi) is 7.98. The van der Waals surface area contributed by atoms with Crippen molar-refractivity contribution in [3.8, 4) is 5.88 Å². The Bertz CT molecular complexity index is 786. The van der Waals surface area contributed by atoms with Gasteiger partial charge in [0.2, 0.25) is 5.88 Å². The van der Waals surface area contributed by atoms with Gasteiger partial charge in [0.15, 0.2) is 6.29 Å². The maximum Gasteiger partial charge on any atom is 0.407 e. The van der Waals surface area contributed by atoms with Gasteiger partial charge in [0.05, 0.1) is 12.2 Å². The fourth-order valence-corrected chi connectivity index (χ4v) is 2.41. The predicted octanol–water partition coefficient (Wildman–Crippen LogP) is 3.15. The van der Waals surface area contributed by atoms with E-state index in [0.717, 1.165) is 5.56 Å². The van der Waals surface area contributed by atoms with Crippen molar-refractivity contribution in [2.24, 2.45) is 0 Å². The Morgan fingerprint density at radius 3 is 2.62 bits per heavy atom. The van der Waals surface area contributed by atoms with Gasteiger partial charge < -0.3 is 24.6 Å². The molecule has 0 saturated carbocycles. The first-order chi connectivity index (χ1) is 13.7. The van der Waals surface area contributed by atoms with Crippen LogP contribution in [0.4, 0.5) is 9.18 Å². The van der Waals surface area contributed by atoms with Gasteiger partial charge in [-0.05, 0) is 45.4 Å². The van der Waals surface area contributed by atoms with Gasteiger partial charge in [0.25, 0.3) is 0 Å². The van der Waals surface area contributed by atoms with Crippen LogP contribution in [0.5, 0.6) is 5.88 Å². The number of alkyl carbamates (subject to hydrolysis) is 1. The summed E-state index contributed by atoms with van der Waals surface area (Å²) in [7, 11) is 0. The van der Waals surface area contributed by atoms with Gasteiger partial charge in [-0.25, -0.2) is 9.18 Å². The predicted molar refractivity (Wildman–Crippen MR) is 104 cm³/mol. The monoisotopic (exact) mass is 409 g/mol. The third-order valence-corrected chi connectivity index (χ3v) is 3.66. The Hall–Kier alpha value is -2.65. The van der Waals surface area contributed by atoms with Gasteiger partial charge in [0, 0.05) is 19.2 Å². The molecule has 8 nitrogen and oxygen atoms in total. The van der Waals surface area contributed by atoms with Crippen LogP contribution < -0.4 is 10.1 Å². The molecule has 0 fully saturated rings. The number of halogens is 1. The molecule has 2 N–H and O–H groups in total. The Labute approximate surface area is 169 Å². The first-order valence-corrected chi connectivity index (χ1v) is 9.39. The number of aliphatic hydroxyl groups excluding tert-OH is 1. The number of rotatable bonds is 9. The van der Waals surface area contributed by atoms with Crippen LogP contribution in [0.1, 0.15) is 45.2 Å². The first kappa shape index (κ1) is 22.6. The Balaban J connectivity index is 2.00. The smallest absolute Gasteiger partial charge is 0.407 e. The van der Waals surface area contributed by atoms with Gasteiger partial charge in [-0.1, -0.05) is 12.1 Å². The van der Waals surface area contributed by atoms with Crippen molar-refractivity contribution >= 4 is 6.09 Å².